The van der Waals surface area contributed by atoms with Gasteiger partial charge in [0.2, 0.25) is 0 Å². The summed E-state index contributed by atoms with van der Waals surface area (Å²) in [6.45, 7) is 20.5. The molecule has 0 bridgehead atoms. The van der Waals surface area contributed by atoms with Crippen molar-refractivity contribution < 1.29 is 22.8 Å². The molecule has 0 atom stereocenters. The van der Waals surface area contributed by atoms with Crippen molar-refractivity contribution in [3.63, 3.8) is 0 Å². The third-order valence-electron chi connectivity index (χ3n) is 2.38. The first-order valence-electron chi connectivity index (χ1n) is 10.0. The van der Waals surface area contributed by atoms with Gasteiger partial charge in [0.1, 0.15) is 0 Å². The fraction of sp³-hybridized carbons (Fsp3) is 0.941. The van der Waals surface area contributed by atoms with Gasteiger partial charge in [0, 0.05) is 0 Å². The fourth-order valence-electron chi connectivity index (χ4n) is 1.69. The second kappa shape index (κ2) is 16.6. The van der Waals surface area contributed by atoms with Crippen molar-refractivity contribution in [2.24, 2.45) is 5.92 Å². The molecule has 0 fully saturated rings. The molecule has 0 aromatic heterocycles. The summed E-state index contributed by atoms with van der Waals surface area (Å²) in [5.74, 6) is 0.391. The van der Waals surface area contributed by atoms with Gasteiger partial charge in [0.15, 0.2) is 0 Å². The molecule has 5 nitrogen and oxygen atoms in total. The summed E-state index contributed by atoms with van der Waals surface area (Å²) in [4.78, 5) is 0. The molecule has 0 rings (SSSR count). The molecular weight excluding hydrogens is 660 g/mol. The molecule has 0 saturated heterocycles. The maximum atomic E-state index is 6.13. The van der Waals surface area contributed by atoms with Gasteiger partial charge in [0.05, 0.1) is 0 Å². The summed E-state index contributed by atoms with van der Waals surface area (Å²) in [7, 11) is 4.80. The molecule has 31 heavy (non-hydrogen) atoms. The van der Waals surface area contributed by atoms with E-state index >= 15 is 0 Å². The normalized spacial score (nSPS) is 13.4. The number of ether oxygens (including phenoxy) is 1. The van der Waals surface area contributed by atoms with Crippen LogP contribution in [0.2, 0.25) is 0 Å². The second-order valence-corrected chi connectivity index (χ2v) is 43.4. The molecule has 0 unspecified atom stereocenters. The standard InChI is InChI=1S/2C6H15O2PS2.C5H10OS2.Sb/c2*1-5(2)7-9(10,11)8-6(3)4;1-4(2)3-6-5(7)8;/h2*5-6H,1-4H3,(H,10,11);4H,3H2,1-2H3,(H,7,8);/q;;;+3/p-3. The van der Waals surface area contributed by atoms with Gasteiger partial charge in [0.25, 0.3) is 0 Å². The Bertz CT molecular complexity index is 568. The predicted molar refractivity (Wildman–Crippen MR) is 155 cm³/mol. The molecule has 0 N–H and O–H groups in total. The van der Waals surface area contributed by atoms with Gasteiger partial charge in [-0.15, -0.1) is 0 Å². The van der Waals surface area contributed by atoms with E-state index in [4.69, 9.17) is 58.7 Å². The van der Waals surface area contributed by atoms with Gasteiger partial charge in [-0.2, -0.15) is 0 Å². The van der Waals surface area contributed by atoms with Crippen LogP contribution < -0.4 is 0 Å². The molecule has 0 aliphatic rings. The van der Waals surface area contributed by atoms with Crippen LogP contribution in [0.3, 0.4) is 0 Å². The minimum absolute atomic E-state index is 0.0413. The van der Waals surface area contributed by atoms with E-state index in [2.05, 4.69) is 13.8 Å². The van der Waals surface area contributed by atoms with Crippen LogP contribution >= 0.6 is 49.4 Å². The van der Waals surface area contributed by atoms with Gasteiger partial charge in [-0.1, -0.05) is 0 Å². The van der Waals surface area contributed by atoms with E-state index in [1.54, 1.807) is 25.8 Å². The second-order valence-electron chi connectivity index (χ2n) is 7.94. The first-order valence-corrected chi connectivity index (χ1v) is 28.6. The van der Waals surface area contributed by atoms with Crippen molar-refractivity contribution in [1.82, 2.24) is 0 Å². The minimum atomic E-state index is -2.60. The Morgan fingerprint density at radius 2 is 1.03 bits per heavy atom. The van der Waals surface area contributed by atoms with Crippen LogP contribution in [0.25, 0.3) is 0 Å². The van der Waals surface area contributed by atoms with E-state index in [-0.39, 0.29) is 24.4 Å². The molecule has 0 spiro atoms. The van der Waals surface area contributed by atoms with E-state index in [1.807, 2.05) is 55.4 Å². The molecule has 186 valence electrons. The third-order valence-corrected chi connectivity index (χ3v) is 58.7. The molecule has 0 aliphatic heterocycles. The number of rotatable bonds is 15. The molecule has 0 aromatic rings. The Morgan fingerprint density at radius 1 is 0.710 bits per heavy atom. The van der Waals surface area contributed by atoms with Crippen LogP contribution in [-0.4, -0.2) is 51.4 Å². The SMILES string of the molecule is CC(C)COC(=S)[S][Sb]([S]P(=S)(OC(C)C)OC(C)C)[S]P(=S)(OC(C)C)OC(C)C. The summed E-state index contributed by atoms with van der Waals surface area (Å²) < 4.78 is 30.8. The Balaban J connectivity index is 5.80. The average molecular weight is 698 g/mol. The van der Waals surface area contributed by atoms with Crippen LogP contribution in [0.15, 0.2) is 0 Å². The Labute approximate surface area is 220 Å². The first-order chi connectivity index (χ1) is 14.1. The Kier molecular flexibility index (Phi) is 18.2. The molecule has 0 radical (unpaired) electrons. The number of hydrogen-bond acceptors (Lipinski definition) is 11. The topological polar surface area (TPSA) is 46.2 Å². The van der Waals surface area contributed by atoms with Gasteiger partial charge in [-0.3, -0.25) is 0 Å². The molecule has 0 heterocycles. The first kappa shape index (κ1) is 33.9. The summed E-state index contributed by atoms with van der Waals surface area (Å²) in [5, 5.41) is 0. The molecular formula is C17H37O5P2S6Sb. The monoisotopic (exact) mass is 696 g/mol. The zero-order chi connectivity index (χ0) is 24.4. The van der Waals surface area contributed by atoms with E-state index < -0.39 is 27.4 Å². The molecule has 0 saturated carbocycles. The van der Waals surface area contributed by atoms with E-state index in [9.17, 15) is 0 Å². The quantitative estimate of drug-likeness (QED) is 0.0945. The number of thiocarbonyl (C=S) groups is 1. The molecule has 14 heteroatoms. The van der Waals surface area contributed by atoms with Crippen molar-refractivity contribution >= 4 is 93.4 Å². The summed E-state index contributed by atoms with van der Waals surface area (Å²) in [6, 6.07) is 0. The van der Waals surface area contributed by atoms with E-state index in [0.717, 1.165) is 0 Å². The van der Waals surface area contributed by atoms with E-state index in [1.165, 1.54) is 0 Å². The van der Waals surface area contributed by atoms with Crippen molar-refractivity contribution in [2.75, 3.05) is 6.61 Å². The van der Waals surface area contributed by atoms with Crippen LogP contribution in [0.1, 0.15) is 69.2 Å². The number of hydrogen-bond donors (Lipinski definition) is 0. The van der Waals surface area contributed by atoms with E-state index in [0.29, 0.717) is 16.9 Å². The van der Waals surface area contributed by atoms with Gasteiger partial charge < -0.3 is 0 Å². The van der Waals surface area contributed by atoms with Crippen LogP contribution in [0.5, 0.6) is 0 Å². The fourth-order valence-corrected chi connectivity index (χ4v) is 83.7. The Hall–Kier alpha value is 2.90. The summed E-state index contributed by atoms with van der Waals surface area (Å²) in [6.07, 6.45) is -0.165. The summed E-state index contributed by atoms with van der Waals surface area (Å²) >= 11 is 14.9. The third kappa shape index (κ3) is 17.9. The Morgan fingerprint density at radius 3 is 1.29 bits per heavy atom. The maximum absolute atomic E-state index is 6.13. The van der Waals surface area contributed by atoms with Crippen LogP contribution in [-0.2, 0) is 46.4 Å². The van der Waals surface area contributed by atoms with Gasteiger partial charge in [-0.05, 0) is 0 Å². The molecule has 0 aliphatic carbocycles. The van der Waals surface area contributed by atoms with Crippen LogP contribution in [0.4, 0.5) is 0 Å². The molecule has 0 aromatic carbocycles. The summed E-state index contributed by atoms with van der Waals surface area (Å²) in [5.41, 5.74) is -5.20. The van der Waals surface area contributed by atoms with Gasteiger partial charge in [-0.25, -0.2) is 0 Å². The predicted octanol–water partition coefficient (Wildman–Crippen LogP) is 8.28. The average Bonchev–Trinajstić information content (AvgIpc) is 2.48. The van der Waals surface area contributed by atoms with Gasteiger partial charge >= 0.3 is 222 Å². The van der Waals surface area contributed by atoms with Crippen molar-refractivity contribution in [3.8, 4) is 0 Å². The zero-order valence-electron chi connectivity index (χ0n) is 19.9. The zero-order valence-corrected chi connectivity index (χ0v) is 29.2. The molecule has 0 amide bonds. The van der Waals surface area contributed by atoms with Crippen molar-refractivity contribution in [1.29, 1.82) is 0 Å². The van der Waals surface area contributed by atoms with Crippen molar-refractivity contribution in [3.05, 3.63) is 0 Å². The van der Waals surface area contributed by atoms with Crippen LogP contribution in [0, 0.1) is 5.92 Å². The van der Waals surface area contributed by atoms with Crippen molar-refractivity contribution in [2.45, 2.75) is 93.7 Å².